The molecule has 0 radical (unpaired) electrons. The summed E-state index contributed by atoms with van der Waals surface area (Å²) in [5.41, 5.74) is 1.33. The van der Waals surface area contributed by atoms with Crippen molar-refractivity contribution in [1.29, 1.82) is 5.41 Å². The Labute approximate surface area is 153 Å². The number of benzene rings is 1. The second kappa shape index (κ2) is 9.47. The average Bonchev–Trinajstić information content (AvgIpc) is 2.58. The number of anilines is 1. The van der Waals surface area contributed by atoms with Gasteiger partial charge in [-0.05, 0) is 56.7 Å². The van der Waals surface area contributed by atoms with Gasteiger partial charge in [-0.15, -0.1) is 11.6 Å². The molecule has 1 heterocycles. The molecule has 1 N–H and O–H groups in total. The van der Waals surface area contributed by atoms with Gasteiger partial charge in [0.1, 0.15) is 5.82 Å². The molecule has 3 nitrogen and oxygen atoms in total. The van der Waals surface area contributed by atoms with Crippen LogP contribution in [-0.4, -0.2) is 31.5 Å². The molecule has 0 bridgehead atoms. The lowest BCUT2D eigenvalue weighted by Gasteiger charge is -2.30. The maximum Gasteiger partial charge on any atom is 0.188 e. The molecule has 1 saturated heterocycles. The fourth-order valence-electron chi connectivity index (χ4n) is 3.16. The van der Waals surface area contributed by atoms with Gasteiger partial charge in [0.2, 0.25) is 0 Å². The van der Waals surface area contributed by atoms with Crippen LogP contribution < -0.4 is 4.90 Å². The summed E-state index contributed by atoms with van der Waals surface area (Å²) in [7, 11) is 0. The highest BCUT2D eigenvalue weighted by atomic mass is 35.5. The number of halogens is 3. The Hall–Kier alpha value is -1.00. The molecule has 1 aromatic carbocycles. The molecular formula is C18H25Cl2FN2O. The van der Waals surface area contributed by atoms with Gasteiger partial charge in [-0.2, -0.15) is 0 Å². The molecule has 0 saturated carbocycles. The van der Waals surface area contributed by atoms with Crippen molar-refractivity contribution in [3.63, 3.8) is 0 Å². The lowest BCUT2D eigenvalue weighted by Crippen LogP contribution is -2.30. The van der Waals surface area contributed by atoms with Crippen LogP contribution in [0.5, 0.6) is 0 Å². The number of ether oxygens (including phenoxy) is 1. The van der Waals surface area contributed by atoms with E-state index < -0.39 is 0 Å². The molecule has 1 aromatic rings. The zero-order valence-corrected chi connectivity index (χ0v) is 15.6. The molecular weight excluding hydrogens is 350 g/mol. The number of hydrogen-bond acceptors (Lipinski definition) is 3. The van der Waals surface area contributed by atoms with Gasteiger partial charge >= 0.3 is 0 Å². The minimum absolute atomic E-state index is 0.167. The van der Waals surface area contributed by atoms with Gasteiger partial charge in [-0.3, -0.25) is 5.41 Å². The fraction of sp³-hybridized carbons (Fsp3) is 0.611. The van der Waals surface area contributed by atoms with Gasteiger partial charge < -0.3 is 9.64 Å². The van der Waals surface area contributed by atoms with E-state index in [0.717, 1.165) is 37.9 Å². The summed E-state index contributed by atoms with van der Waals surface area (Å²) in [5, 5.41) is 8.54. The van der Waals surface area contributed by atoms with Crippen LogP contribution >= 0.6 is 23.2 Å². The molecule has 6 heteroatoms. The van der Waals surface area contributed by atoms with Gasteiger partial charge in [-0.1, -0.05) is 11.6 Å². The predicted octanol–water partition coefficient (Wildman–Crippen LogP) is 5.59. The van der Waals surface area contributed by atoms with Crippen molar-refractivity contribution in [3.05, 3.63) is 28.5 Å². The molecule has 0 aliphatic carbocycles. The standard InChI is InChI=1S/C18H25Cl2FN2O/c1-2-24-18(22)13(7-6-8-19)14-11-17(16(21)12-15(14)20)23-9-4-3-5-10-23/h11-13,22H,2-10H2,1H3. The van der Waals surface area contributed by atoms with Crippen molar-refractivity contribution in [1.82, 2.24) is 0 Å². The number of hydrogen-bond donors (Lipinski definition) is 1. The first-order chi connectivity index (χ1) is 11.6. The normalized spacial score (nSPS) is 16.1. The van der Waals surface area contributed by atoms with Crippen LogP contribution in [0.1, 0.15) is 50.5 Å². The lowest BCUT2D eigenvalue weighted by atomic mass is 9.93. The van der Waals surface area contributed by atoms with Gasteiger partial charge in [0.25, 0.3) is 0 Å². The molecule has 0 amide bonds. The Kier molecular flexibility index (Phi) is 7.63. The average molecular weight is 375 g/mol. The Morgan fingerprint density at radius 1 is 1.33 bits per heavy atom. The second-order valence-electron chi connectivity index (χ2n) is 6.05. The minimum Gasteiger partial charge on any atom is -0.481 e. The maximum absolute atomic E-state index is 14.4. The van der Waals surface area contributed by atoms with E-state index in [4.69, 9.17) is 33.3 Å². The first kappa shape index (κ1) is 19.3. The SMILES string of the molecule is CCOC(=N)C(CCCCl)c1cc(N2CCCCC2)c(F)cc1Cl. The molecule has 24 heavy (non-hydrogen) atoms. The third-order valence-corrected chi connectivity index (χ3v) is 4.98. The quantitative estimate of drug-likeness (QED) is 0.383. The van der Waals surface area contributed by atoms with Crippen molar-refractivity contribution in [2.75, 3.05) is 30.5 Å². The largest absolute Gasteiger partial charge is 0.481 e. The van der Waals surface area contributed by atoms with Gasteiger partial charge in [0.15, 0.2) is 5.90 Å². The number of nitrogens with one attached hydrogen (secondary N) is 1. The van der Waals surface area contributed by atoms with E-state index in [1.54, 1.807) is 6.07 Å². The molecule has 0 spiro atoms. The van der Waals surface area contributed by atoms with E-state index >= 15 is 0 Å². The monoisotopic (exact) mass is 374 g/mol. The van der Waals surface area contributed by atoms with Crippen LogP contribution in [0, 0.1) is 11.2 Å². The van der Waals surface area contributed by atoms with Crippen LogP contribution in [0.15, 0.2) is 12.1 Å². The second-order valence-corrected chi connectivity index (χ2v) is 6.84. The highest BCUT2D eigenvalue weighted by molar-refractivity contribution is 6.31. The van der Waals surface area contributed by atoms with Crippen molar-refractivity contribution in [2.45, 2.75) is 44.9 Å². The van der Waals surface area contributed by atoms with E-state index in [1.807, 2.05) is 6.92 Å². The van der Waals surface area contributed by atoms with Gasteiger partial charge in [-0.25, -0.2) is 4.39 Å². The molecule has 1 aliphatic rings. The van der Waals surface area contributed by atoms with Crippen LogP contribution in [0.25, 0.3) is 0 Å². The summed E-state index contributed by atoms with van der Waals surface area (Å²) in [6.07, 6.45) is 4.73. The van der Waals surface area contributed by atoms with E-state index in [2.05, 4.69) is 4.90 Å². The Morgan fingerprint density at radius 2 is 2.04 bits per heavy atom. The Balaban J connectivity index is 2.35. The summed E-state index contributed by atoms with van der Waals surface area (Å²) in [4.78, 5) is 2.07. The minimum atomic E-state index is -0.301. The highest BCUT2D eigenvalue weighted by Gasteiger charge is 2.24. The number of piperidine rings is 1. The van der Waals surface area contributed by atoms with E-state index in [0.29, 0.717) is 29.6 Å². The van der Waals surface area contributed by atoms with Crippen molar-refractivity contribution < 1.29 is 9.13 Å². The smallest absolute Gasteiger partial charge is 0.188 e. The maximum atomic E-state index is 14.4. The Morgan fingerprint density at radius 3 is 2.67 bits per heavy atom. The zero-order valence-electron chi connectivity index (χ0n) is 14.1. The van der Waals surface area contributed by atoms with Crippen LogP contribution in [0.2, 0.25) is 5.02 Å². The first-order valence-corrected chi connectivity index (χ1v) is 9.50. The van der Waals surface area contributed by atoms with Gasteiger partial charge in [0, 0.05) is 24.0 Å². The zero-order chi connectivity index (χ0) is 17.5. The topological polar surface area (TPSA) is 36.3 Å². The lowest BCUT2D eigenvalue weighted by molar-refractivity contribution is 0.305. The van der Waals surface area contributed by atoms with Gasteiger partial charge in [0.05, 0.1) is 18.2 Å². The van der Waals surface area contributed by atoms with E-state index in [-0.39, 0.29) is 17.6 Å². The Bertz CT molecular complexity index is 562. The third kappa shape index (κ3) is 4.76. The molecule has 1 unspecified atom stereocenters. The molecule has 2 rings (SSSR count). The highest BCUT2D eigenvalue weighted by Crippen LogP contribution is 2.35. The summed E-state index contributed by atoms with van der Waals surface area (Å²) in [6, 6.07) is 3.17. The molecule has 0 aromatic heterocycles. The summed E-state index contributed by atoms with van der Waals surface area (Å²) in [6.45, 7) is 3.98. The fourth-order valence-corrected chi connectivity index (χ4v) is 3.60. The number of nitrogens with zero attached hydrogens (tertiary/aromatic N) is 1. The van der Waals surface area contributed by atoms with Crippen LogP contribution in [0.3, 0.4) is 0 Å². The van der Waals surface area contributed by atoms with Crippen molar-refractivity contribution >= 4 is 34.8 Å². The molecule has 1 atom stereocenters. The summed E-state index contributed by atoms with van der Waals surface area (Å²) in [5.74, 6) is 0.0824. The molecule has 1 fully saturated rings. The predicted molar refractivity (Wildman–Crippen MR) is 99.5 cm³/mol. The van der Waals surface area contributed by atoms with Crippen LogP contribution in [-0.2, 0) is 4.74 Å². The first-order valence-electron chi connectivity index (χ1n) is 8.59. The van der Waals surface area contributed by atoms with Crippen molar-refractivity contribution in [2.24, 2.45) is 0 Å². The molecule has 134 valence electrons. The number of alkyl halides is 1. The third-order valence-electron chi connectivity index (χ3n) is 4.38. The summed E-state index contributed by atoms with van der Waals surface area (Å²) < 4.78 is 19.8. The number of rotatable bonds is 7. The van der Waals surface area contributed by atoms with E-state index in [9.17, 15) is 4.39 Å². The van der Waals surface area contributed by atoms with Crippen molar-refractivity contribution in [3.8, 4) is 0 Å². The van der Waals surface area contributed by atoms with E-state index in [1.165, 1.54) is 12.5 Å². The van der Waals surface area contributed by atoms with Crippen LogP contribution in [0.4, 0.5) is 10.1 Å². The molecule has 1 aliphatic heterocycles. The summed E-state index contributed by atoms with van der Waals surface area (Å²) >= 11 is 12.1.